The number of halogens is 1. The van der Waals surface area contributed by atoms with E-state index >= 15 is 0 Å². The van der Waals surface area contributed by atoms with E-state index in [1.807, 2.05) is 12.3 Å². The Morgan fingerprint density at radius 2 is 2.35 bits per heavy atom. The van der Waals surface area contributed by atoms with Gasteiger partial charge in [0, 0.05) is 23.8 Å². The molecule has 1 aromatic carbocycles. The maximum Gasteiger partial charge on any atom is 0.337 e. The van der Waals surface area contributed by atoms with Crippen LogP contribution in [0.15, 0.2) is 35.1 Å². The second-order valence-electron chi connectivity index (χ2n) is 4.14. The number of ether oxygens (including phenoxy) is 1. The summed E-state index contributed by atoms with van der Waals surface area (Å²) in [6, 6.07) is 5.42. The zero-order chi connectivity index (χ0) is 14.4. The van der Waals surface area contributed by atoms with Crippen molar-refractivity contribution in [2.24, 2.45) is 0 Å². The van der Waals surface area contributed by atoms with E-state index in [0.29, 0.717) is 12.1 Å². The van der Waals surface area contributed by atoms with Crippen molar-refractivity contribution in [3.63, 3.8) is 0 Å². The van der Waals surface area contributed by atoms with E-state index in [4.69, 9.17) is 0 Å². The van der Waals surface area contributed by atoms with Crippen molar-refractivity contribution in [2.75, 3.05) is 13.7 Å². The SMILES string of the molecule is COC(=O)c1ccc(CNCCn2ccnn2)c(Br)c1. The van der Waals surface area contributed by atoms with Crippen LogP contribution in [0, 0.1) is 0 Å². The Kier molecular flexibility index (Phi) is 5.25. The van der Waals surface area contributed by atoms with E-state index in [1.54, 1.807) is 23.0 Å². The first-order chi connectivity index (χ1) is 9.70. The minimum absolute atomic E-state index is 0.337. The van der Waals surface area contributed by atoms with Crippen LogP contribution in [0.3, 0.4) is 0 Å². The highest BCUT2D eigenvalue weighted by molar-refractivity contribution is 9.10. The molecule has 6 nitrogen and oxygen atoms in total. The number of nitrogens with one attached hydrogen (secondary N) is 1. The van der Waals surface area contributed by atoms with Gasteiger partial charge in [0.2, 0.25) is 0 Å². The van der Waals surface area contributed by atoms with Crippen molar-refractivity contribution < 1.29 is 9.53 Å². The van der Waals surface area contributed by atoms with E-state index in [0.717, 1.165) is 23.1 Å². The van der Waals surface area contributed by atoms with Gasteiger partial charge in [-0.25, -0.2) is 4.79 Å². The number of hydrogen-bond acceptors (Lipinski definition) is 5. The van der Waals surface area contributed by atoms with Gasteiger partial charge in [0.25, 0.3) is 0 Å². The Hall–Kier alpha value is -1.73. The van der Waals surface area contributed by atoms with Gasteiger partial charge in [-0.05, 0) is 17.7 Å². The lowest BCUT2D eigenvalue weighted by Crippen LogP contribution is -2.20. The number of esters is 1. The summed E-state index contributed by atoms with van der Waals surface area (Å²) in [5.41, 5.74) is 1.61. The molecule has 1 N–H and O–H groups in total. The molecule has 2 aromatic rings. The van der Waals surface area contributed by atoms with Crippen LogP contribution >= 0.6 is 15.9 Å². The number of methoxy groups -OCH3 is 1. The molecule has 0 saturated heterocycles. The Labute approximate surface area is 125 Å². The first-order valence-electron chi connectivity index (χ1n) is 6.12. The minimum atomic E-state index is -0.337. The van der Waals surface area contributed by atoms with Gasteiger partial charge in [0.1, 0.15) is 0 Å². The van der Waals surface area contributed by atoms with Gasteiger partial charge in [-0.15, -0.1) is 5.10 Å². The van der Waals surface area contributed by atoms with Crippen LogP contribution in [0.25, 0.3) is 0 Å². The fourth-order valence-corrected chi connectivity index (χ4v) is 2.22. The third kappa shape index (κ3) is 3.88. The molecule has 0 aliphatic carbocycles. The Morgan fingerprint density at radius 1 is 1.50 bits per heavy atom. The van der Waals surface area contributed by atoms with E-state index in [2.05, 4.69) is 36.3 Å². The molecule has 1 aromatic heterocycles. The predicted octanol–water partition coefficient (Wildman–Crippen LogP) is 1.62. The standard InChI is InChI=1S/C13H15BrN4O2/c1-20-13(19)10-2-3-11(12(14)8-10)9-15-4-6-18-7-5-16-17-18/h2-3,5,7-8,15H,4,6,9H2,1H3. The van der Waals surface area contributed by atoms with Crippen molar-refractivity contribution in [1.82, 2.24) is 20.3 Å². The zero-order valence-electron chi connectivity index (χ0n) is 11.0. The topological polar surface area (TPSA) is 69.0 Å². The summed E-state index contributed by atoms with van der Waals surface area (Å²) in [6.45, 7) is 2.25. The quantitative estimate of drug-likeness (QED) is 0.640. The third-order valence-corrected chi connectivity index (χ3v) is 3.52. The summed E-state index contributed by atoms with van der Waals surface area (Å²) in [7, 11) is 1.37. The second-order valence-corrected chi connectivity index (χ2v) is 5.00. The summed E-state index contributed by atoms with van der Waals surface area (Å²) < 4.78 is 7.33. The number of carbonyl (C=O) groups is 1. The lowest BCUT2D eigenvalue weighted by atomic mass is 10.1. The molecule has 0 saturated carbocycles. The molecule has 1 heterocycles. The van der Waals surface area contributed by atoms with Crippen LogP contribution in [-0.4, -0.2) is 34.6 Å². The average Bonchev–Trinajstić information content (AvgIpc) is 2.97. The summed E-state index contributed by atoms with van der Waals surface area (Å²) in [6.07, 6.45) is 3.48. The fourth-order valence-electron chi connectivity index (χ4n) is 1.70. The summed E-state index contributed by atoms with van der Waals surface area (Å²) >= 11 is 3.46. The molecule has 0 spiro atoms. The van der Waals surface area contributed by atoms with E-state index in [-0.39, 0.29) is 5.97 Å². The average molecular weight is 339 g/mol. The van der Waals surface area contributed by atoms with Gasteiger partial charge in [0.05, 0.1) is 25.4 Å². The van der Waals surface area contributed by atoms with Crippen LogP contribution in [0.5, 0.6) is 0 Å². The van der Waals surface area contributed by atoms with Crippen molar-refractivity contribution in [3.8, 4) is 0 Å². The Bertz CT molecular complexity index is 572. The second kappa shape index (κ2) is 7.16. The molecule has 0 aliphatic rings. The summed E-state index contributed by atoms with van der Waals surface area (Å²) in [5.74, 6) is -0.337. The molecular formula is C13H15BrN4O2. The lowest BCUT2D eigenvalue weighted by Gasteiger charge is -2.08. The van der Waals surface area contributed by atoms with Gasteiger partial charge >= 0.3 is 5.97 Å². The van der Waals surface area contributed by atoms with Gasteiger partial charge in [-0.1, -0.05) is 27.2 Å². The molecule has 0 unspecified atom stereocenters. The van der Waals surface area contributed by atoms with Crippen LogP contribution in [0.4, 0.5) is 0 Å². The Morgan fingerprint density at radius 3 is 3.00 bits per heavy atom. The number of nitrogens with zero attached hydrogens (tertiary/aromatic N) is 3. The highest BCUT2D eigenvalue weighted by atomic mass is 79.9. The molecule has 7 heteroatoms. The van der Waals surface area contributed by atoms with Gasteiger partial charge in [-0.3, -0.25) is 4.68 Å². The maximum atomic E-state index is 11.4. The fraction of sp³-hybridized carbons (Fsp3) is 0.308. The highest BCUT2D eigenvalue weighted by Crippen LogP contribution is 2.19. The minimum Gasteiger partial charge on any atom is -0.465 e. The molecular weight excluding hydrogens is 324 g/mol. The first-order valence-corrected chi connectivity index (χ1v) is 6.91. The molecule has 0 bridgehead atoms. The lowest BCUT2D eigenvalue weighted by molar-refractivity contribution is 0.0600. The van der Waals surface area contributed by atoms with Gasteiger partial charge in [-0.2, -0.15) is 0 Å². The Balaban J connectivity index is 1.85. The summed E-state index contributed by atoms with van der Waals surface area (Å²) in [5, 5.41) is 10.9. The van der Waals surface area contributed by atoms with Gasteiger partial charge < -0.3 is 10.1 Å². The van der Waals surface area contributed by atoms with Crippen LogP contribution in [-0.2, 0) is 17.8 Å². The predicted molar refractivity (Wildman–Crippen MR) is 77.2 cm³/mol. The van der Waals surface area contributed by atoms with Crippen LogP contribution in [0.1, 0.15) is 15.9 Å². The number of carbonyl (C=O) groups excluding carboxylic acids is 1. The first kappa shape index (κ1) is 14.7. The highest BCUT2D eigenvalue weighted by Gasteiger charge is 2.08. The largest absolute Gasteiger partial charge is 0.465 e. The molecule has 0 radical (unpaired) electrons. The van der Waals surface area contributed by atoms with Crippen molar-refractivity contribution in [3.05, 3.63) is 46.2 Å². The number of aromatic nitrogens is 3. The zero-order valence-corrected chi connectivity index (χ0v) is 12.6. The van der Waals surface area contributed by atoms with E-state index in [9.17, 15) is 4.79 Å². The van der Waals surface area contributed by atoms with E-state index in [1.165, 1.54) is 7.11 Å². The molecule has 0 aliphatic heterocycles. The normalized spacial score (nSPS) is 10.5. The number of hydrogen-bond donors (Lipinski definition) is 1. The smallest absolute Gasteiger partial charge is 0.337 e. The van der Waals surface area contributed by atoms with Crippen LogP contribution < -0.4 is 5.32 Å². The van der Waals surface area contributed by atoms with Gasteiger partial charge in [0.15, 0.2) is 0 Å². The molecule has 2 rings (SSSR count). The number of rotatable bonds is 6. The third-order valence-electron chi connectivity index (χ3n) is 2.78. The van der Waals surface area contributed by atoms with Crippen molar-refractivity contribution in [2.45, 2.75) is 13.1 Å². The van der Waals surface area contributed by atoms with Crippen LogP contribution in [0.2, 0.25) is 0 Å². The number of benzene rings is 1. The molecule has 0 atom stereocenters. The molecule has 0 fully saturated rings. The molecule has 20 heavy (non-hydrogen) atoms. The monoisotopic (exact) mass is 338 g/mol. The van der Waals surface area contributed by atoms with Crippen molar-refractivity contribution in [1.29, 1.82) is 0 Å². The molecule has 106 valence electrons. The summed E-state index contributed by atoms with van der Waals surface area (Å²) in [4.78, 5) is 11.4. The maximum absolute atomic E-state index is 11.4. The van der Waals surface area contributed by atoms with Crippen molar-refractivity contribution >= 4 is 21.9 Å². The van der Waals surface area contributed by atoms with E-state index < -0.39 is 0 Å². The molecule has 0 amide bonds.